The van der Waals surface area contributed by atoms with Gasteiger partial charge < -0.3 is 10.2 Å². The van der Waals surface area contributed by atoms with E-state index in [2.05, 4.69) is 38.0 Å². The molecular formula is C12H26N2. The first-order valence-electron chi connectivity index (χ1n) is 5.95. The predicted octanol–water partition coefficient (Wildman–Crippen LogP) is 2.11. The standard InChI is InChI=1S/C12H26N2/c1-11(2)6-9-14(4)10-12(3)7-5-8-13-12/h11,13H,5-10H2,1-4H3. The third-order valence-corrected chi connectivity index (χ3v) is 3.16. The molecule has 0 saturated carbocycles. The van der Waals surface area contributed by atoms with Crippen molar-refractivity contribution in [2.24, 2.45) is 5.92 Å². The number of nitrogens with zero attached hydrogens (tertiary/aromatic N) is 1. The van der Waals surface area contributed by atoms with E-state index in [0.717, 1.165) is 5.92 Å². The summed E-state index contributed by atoms with van der Waals surface area (Å²) in [6.07, 6.45) is 3.99. The largest absolute Gasteiger partial charge is 0.310 e. The van der Waals surface area contributed by atoms with E-state index in [0.29, 0.717) is 5.54 Å². The Balaban J connectivity index is 2.21. The van der Waals surface area contributed by atoms with E-state index in [4.69, 9.17) is 0 Å². The van der Waals surface area contributed by atoms with Crippen molar-refractivity contribution >= 4 is 0 Å². The molecule has 0 amide bonds. The Labute approximate surface area is 89.1 Å². The van der Waals surface area contributed by atoms with Crippen LogP contribution < -0.4 is 5.32 Å². The molecule has 1 saturated heterocycles. The van der Waals surface area contributed by atoms with Crippen LogP contribution in [0.4, 0.5) is 0 Å². The summed E-state index contributed by atoms with van der Waals surface area (Å²) in [6.45, 7) is 10.6. The summed E-state index contributed by atoms with van der Waals surface area (Å²) in [5.74, 6) is 0.821. The van der Waals surface area contributed by atoms with Crippen LogP contribution in [0.15, 0.2) is 0 Å². The van der Waals surface area contributed by atoms with Crippen molar-refractivity contribution in [1.82, 2.24) is 10.2 Å². The highest BCUT2D eigenvalue weighted by Gasteiger charge is 2.28. The summed E-state index contributed by atoms with van der Waals surface area (Å²) in [6, 6.07) is 0. The van der Waals surface area contributed by atoms with Gasteiger partial charge in [-0.05, 0) is 52.2 Å². The van der Waals surface area contributed by atoms with Crippen molar-refractivity contribution in [2.75, 3.05) is 26.7 Å². The first kappa shape index (κ1) is 12.0. The lowest BCUT2D eigenvalue weighted by Crippen LogP contribution is -2.46. The van der Waals surface area contributed by atoms with Crippen molar-refractivity contribution in [3.05, 3.63) is 0 Å². The topological polar surface area (TPSA) is 15.3 Å². The van der Waals surface area contributed by atoms with Gasteiger partial charge >= 0.3 is 0 Å². The Morgan fingerprint density at radius 2 is 2.14 bits per heavy atom. The van der Waals surface area contributed by atoms with Crippen LogP contribution in [-0.2, 0) is 0 Å². The van der Waals surface area contributed by atoms with Crippen molar-refractivity contribution < 1.29 is 0 Å². The van der Waals surface area contributed by atoms with Crippen molar-refractivity contribution in [2.45, 2.75) is 45.6 Å². The second-order valence-corrected chi connectivity index (χ2v) is 5.51. The molecule has 1 N–H and O–H groups in total. The Kier molecular flexibility index (Phi) is 4.39. The van der Waals surface area contributed by atoms with E-state index >= 15 is 0 Å². The van der Waals surface area contributed by atoms with Crippen LogP contribution >= 0.6 is 0 Å². The number of likely N-dealkylation sites (N-methyl/N-ethyl adjacent to an activating group) is 1. The molecule has 14 heavy (non-hydrogen) atoms. The summed E-state index contributed by atoms with van der Waals surface area (Å²) in [5.41, 5.74) is 0.381. The molecule has 1 aliphatic heterocycles. The Morgan fingerprint density at radius 3 is 2.64 bits per heavy atom. The van der Waals surface area contributed by atoms with Gasteiger partial charge in [0.25, 0.3) is 0 Å². The van der Waals surface area contributed by atoms with E-state index in [9.17, 15) is 0 Å². The van der Waals surface area contributed by atoms with Gasteiger partial charge in [0.1, 0.15) is 0 Å². The van der Waals surface area contributed by atoms with E-state index in [1.165, 1.54) is 38.9 Å². The Morgan fingerprint density at radius 1 is 1.43 bits per heavy atom. The summed E-state index contributed by atoms with van der Waals surface area (Å²) >= 11 is 0. The second-order valence-electron chi connectivity index (χ2n) is 5.51. The minimum atomic E-state index is 0.381. The van der Waals surface area contributed by atoms with Crippen LogP contribution in [0.3, 0.4) is 0 Å². The smallest absolute Gasteiger partial charge is 0.0280 e. The van der Waals surface area contributed by atoms with Crippen LogP contribution in [0.1, 0.15) is 40.0 Å². The molecule has 84 valence electrons. The zero-order valence-corrected chi connectivity index (χ0v) is 10.3. The van der Waals surface area contributed by atoms with Gasteiger partial charge in [0.2, 0.25) is 0 Å². The maximum Gasteiger partial charge on any atom is 0.0280 e. The summed E-state index contributed by atoms with van der Waals surface area (Å²) in [7, 11) is 2.24. The molecule has 1 heterocycles. The Bertz CT molecular complexity index is 160. The maximum atomic E-state index is 3.61. The van der Waals surface area contributed by atoms with E-state index in [-0.39, 0.29) is 0 Å². The van der Waals surface area contributed by atoms with Gasteiger partial charge in [-0.25, -0.2) is 0 Å². The molecule has 0 aromatic carbocycles. The normalized spacial score (nSPS) is 27.9. The van der Waals surface area contributed by atoms with Gasteiger partial charge in [-0.3, -0.25) is 0 Å². The number of nitrogens with one attached hydrogen (secondary N) is 1. The molecule has 1 fully saturated rings. The predicted molar refractivity (Wildman–Crippen MR) is 62.6 cm³/mol. The van der Waals surface area contributed by atoms with E-state index in [1.807, 2.05) is 0 Å². The lowest BCUT2D eigenvalue weighted by molar-refractivity contribution is 0.230. The fourth-order valence-corrected chi connectivity index (χ4v) is 2.25. The zero-order valence-electron chi connectivity index (χ0n) is 10.3. The highest BCUT2D eigenvalue weighted by molar-refractivity contribution is 4.90. The minimum absolute atomic E-state index is 0.381. The van der Waals surface area contributed by atoms with Crippen molar-refractivity contribution in [1.29, 1.82) is 0 Å². The van der Waals surface area contributed by atoms with Crippen LogP contribution in [0.25, 0.3) is 0 Å². The molecule has 0 spiro atoms. The molecule has 0 aliphatic carbocycles. The molecule has 1 unspecified atom stereocenters. The minimum Gasteiger partial charge on any atom is -0.310 e. The quantitative estimate of drug-likeness (QED) is 0.728. The molecule has 2 heteroatoms. The monoisotopic (exact) mass is 198 g/mol. The molecular weight excluding hydrogens is 172 g/mol. The Hall–Kier alpha value is -0.0800. The lowest BCUT2D eigenvalue weighted by Gasteiger charge is -2.30. The number of hydrogen-bond acceptors (Lipinski definition) is 2. The zero-order chi connectivity index (χ0) is 10.6. The number of rotatable bonds is 5. The first-order valence-corrected chi connectivity index (χ1v) is 5.95. The molecule has 2 nitrogen and oxygen atoms in total. The van der Waals surface area contributed by atoms with Crippen molar-refractivity contribution in [3.8, 4) is 0 Å². The molecule has 0 bridgehead atoms. The fraction of sp³-hybridized carbons (Fsp3) is 1.00. The van der Waals surface area contributed by atoms with E-state index < -0.39 is 0 Å². The van der Waals surface area contributed by atoms with Crippen LogP contribution in [0, 0.1) is 5.92 Å². The lowest BCUT2D eigenvalue weighted by atomic mass is 9.99. The van der Waals surface area contributed by atoms with Gasteiger partial charge in [0, 0.05) is 12.1 Å². The molecule has 0 aromatic heterocycles. The van der Waals surface area contributed by atoms with Crippen molar-refractivity contribution in [3.63, 3.8) is 0 Å². The summed E-state index contributed by atoms with van der Waals surface area (Å²) in [5, 5.41) is 3.61. The molecule has 0 radical (unpaired) electrons. The fourth-order valence-electron chi connectivity index (χ4n) is 2.25. The molecule has 0 aromatic rings. The SMILES string of the molecule is CC(C)CCN(C)CC1(C)CCCN1. The average Bonchev–Trinajstić information content (AvgIpc) is 2.48. The van der Waals surface area contributed by atoms with Gasteiger partial charge in [-0.1, -0.05) is 13.8 Å². The van der Waals surface area contributed by atoms with Crippen LogP contribution in [-0.4, -0.2) is 37.1 Å². The highest BCUT2D eigenvalue weighted by atomic mass is 15.1. The maximum absolute atomic E-state index is 3.61. The summed E-state index contributed by atoms with van der Waals surface area (Å²) in [4.78, 5) is 2.47. The third-order valence-electron chi connectivity index (χ3n) is 3.16. The molecule has 1 atom stereocenters. The summed E-state index contributed by atoms with van der Waals surface area (Å²) < 4.78 is 0. The average molecular weight is 198 g/mol. The van der Waals surface area contributed by atoms with Crippen LogP contribution in [0.5, 0.6) is 0 Å². The molecule has 1 rings (SSSR count). The van der Waals surface area contributed by atoms with E-state index in [1.54, 1.807) is 0 Å². The van der Waals surface area contributed by atoms with Gasteiger partial charge in [-0.2, -0.15) is 0 Å². The highest BCUT2D eigenvalue weighted by Crippen LogP contribution is 2.19. The first-order chi connectivity index (χ1) is 6.52. The molecule has 1 aliphatic rings. The van der Waals surface area contributed by atoms with Gasteiger partial charge in [-0.15, -0.1) is 0 Å². The van der Waals surface area contributed by atoms with Gasteiger partial charge in [0.15, 0.2) is 0 Å². The van der Waals surface area contributed by atoms with Crippen LogP contribution in [0.2, 0.25) is 0 Å². The van der Waals surface area contributed by atoms with Gasteiger partial charge in [0.05, 0.1) is 0 Å². The number of hydrogen-bond donors (Lipinski definition) is 1. The third kappa shape index (κ3) is 3.97. The second kappa shape index (κ2) is 5.13.